The fourth-order valence-corrected chi connectivity index (χ4v) is 1.26. The topological polar surface area (TPSA) is 0 Å². The van der Waals surface area contributed by atoms with Crippen LogP contribution in [0.4, 0.5) is 0 Å². The Kier molecular flexibility index (Phi) is 3.02. The first-order chi connectivity index (χ1) is 5.91. The maximum atomic E-state index is 5.82. The molecule has 0 nitrogen and oxygen atoms in total. The molecule has 0 aliphatic rings. The van der Waals surface area contributed by atoms with Crippen LogP contribution in [0.3, 0.4) is 0 Å². The second kappa shape index (κ2) is 3.71. The van der Waals surface area contributed by atoms with Gasteiger partial charge in [-0.15, -0.1) is 0 Å². The fourth-order valence-electron chi connectivity index (χ4n) is 1.13. The lowest BCUT2D eigenvalue weighted by Gasteiger charge is -2.26. The molecule has 71 valence electrons. The third-order valence-electron chi connectivity index (χ3n) is 2.40. The molecule has 0 atom stereocenters. The van der Waals surface area contributed by atoms with E-state index in [9.17, 15) is 0 Å². The molecule has 0 aliphatic carbocycles. The summed E-state index contributed by atoms with van der Waals surface area (Å²) in [5.41, 5.74) is 1.50. The molecule has 0 spiro atoms. The molecule has 1 heteroatoms. The van der Waals surface area contributed by atoms with E-state index in [-0.39, 0.29) is 5.41 Å². The zero-order valence-corrected chi connectivity index (χ0v) is 9.44. The molecule has 1 rings (SSSR count). The van der Waals surface area contributed by atoms with Crippen LogP contribution in [0.15, 0.2) is 24.3 Å². The number of rotatable bonds is 1. The van der Waals surface area contributed by atoms with Gasteiger partial charge < -0.3 is 0 Å². The van der Waals surface area contributed by atoms with E-state index in [1.54, 1.807) is 0 Å². The molecule has 13 heavy (non-hydrogen) atoms. The first kappa shape index (κ1) is 10.6. The molecule has 0 heterocycles. The molecule has 0 saturated carbocycles. The number of halogens is 1. The van der Waals surface area contributed by atoms with Crippen LogP contribution >= 0.6 is 11.6 Å². The molecule has 0 fully saturated rings. The Morgan fingerprint density at radius 3 is 1.92 bits per heavy atom. The number of hydrogen-bond donors (Lipinski definition) is 0. The van der Waals surface area contributed by atoms with Crippen LogP contribution in [0.25, 0.3) is 0 Å². The van der Waals surface area contributed by atoms with E-state index < -0.39 is 0 Å². The van der Waals surface area contributed by atoms with E-state index in [2.05, 4.69) is 39.8 Å². The lowest BCUT2D eigenvalue weighted by molar-refractivity contribution is 0.451. The van der Waals surface area contributed by atoms with E-state index in [4.69, 9.17) is 11.6 Å². The quantitative estimate of drug-likeness (QED) is 0.626. The van der Waals surface area contributed by atoms with Gasteiger partial charge in [-0.3, -0.25) is 0 Å². The molecule has 0 aromatic heterocycles. The van der Waals surface area contributed by atoms with Gasteiger partial charge in [-0.25, -0.2) is 0 Å². The van der Waals surface area contributed by atoms with E-state index in [0.717, 1.165) is 5.02 Å². The van der Waals surface area contributed by atoms with Gasteiger partial charge in [0.25, 0.3) is 0 Å². The molecule has 1 radical (unpaired) electrons. The van der Waals surface area contributed by atoms with Crippen LogP contribution in [0.2, 0.25) is 5.02 Å². The van der Waals surface area contributed by atoms with Gasteiger partial charge >= 0.3 is 0 Å². The Morgan fingerprint density at radius 2 is 1.54 bits per heavy atom. The first-order valence-electron chi connectivity index (χ1n) is 4.51. The summed E-state index contributed by atoms with van der Waals surface area (Å²) in [6.07, 6.45) is 0. The van der Waals surface area contributed by atoms with Gasteiger partial charge in [-0.2, -0.15) is 0 Å². The monoisotopic (exact) mass is 195 g/mol. The van der Waals surface area contributed by atoms with Crippen molar-refractivity contribution in [3.05, 3.63) is 40.8 Å². The zero-order chi connectivity index (χ0) is 10.1. The van der Waals surface area contributed by atoms with Crippen molar-refractivity contribution in [2.75, 3.05) is 0 Å². The normalized spacial score (nSPS) is 12.2. The van der Waals surface area contributed by atoms with Crippen molar-refractivity contribution in [2.45, 2.75) is 27.7 Å². The average molecular weight is 196 g/mol. The Bertz CT molecular complexity index is 266. The minimum Gasteiger partial charge on any atom is -0.0843 e. The van der Waals surface area contributed by atoms with Crippen molar-refractivity contribution in [3.8, 4) is 0 Å². The standard InChI is InChI=1S/C12H16Cl/c1-9(12(2,3)4)10-5-7-11(13)8-6-10/h5-8H,1-4H3. The Morgan fingerprint density at radius 1 is 1.08 bits per heavy atom. The molecule has 1 aromatic rings. The summed E-state index contributed by atoms with van der Waals surface area (Å²) in [4.78, 5) is 0. The summed E-state index contributed by atoms with van der Waals surface area (Å²) in [6, 6.07) is 8.02. The smallest absolute Gasteiger partial charge is 0.0406 e. The summed E-state index contributed by atoms with van der Waals surface area (Å²) in [6.45, 7) is 8.83. The molecule has 0 amide bonds. The van der Waals surface area contributed by atoms with Crippen molar-refractivity contribution in [1.29, 1.82) is 0 Å². The highest BCUT2D eigenvalue weighted by atomic mass is 35.5. The number of hydrogen-bond acceptors (Lipinski definition) is 0. The maximum absolute atomic E-state index is 5.82. The molecule has 0 saturated heterocycles. The van der Waals surface area contributed by atoms with Crippen LogP contribution in [0.5, 0.6) is 0 Å². The lowest BCUT2D eigenvalue weighted by atomic mass is 9.78. The molecule has 1 aromatic carbocycles. The van der Waals surface area contributed by atoms with Crippen molar-refractivity contribution in [3.63, 3.8) is 0 Å². The molecular formula is C12H16Cl. The first-order valence-corrected chi connectivity index (χ1v) is 4.89. The molecule has 0 unspecified atom stereocenters. The molecular weight excluding hydrogens is 180 g/mol. The van der Waals surface area contributed by atoms with E-state index in [1.165, 1.54) is 11.5 Å². The predicted octanol–water partition coefficient (Wildman–Crippen LogP) is 4.33. The van der Waals surface area contributed by atoms with Gasteiger partial charge in [0.15, 0.2) is 0 Å². The largest absolute Gasteiger partial charge is 0.0843 e. The SMILES string of the molecule is C[C](c1ccc(Cl)cc1)C(C)(C)C. The zero-order valence-electron chi connectivity index (χ0n) is 8.69. The van der Waals surface area contributed by atoms with Crippen LogP contribution in [0, 0.1) is 11.3 Å². The number of benzene rings is 1. The summed E-state index contributed by atoms with van der Waals surface area (Å²) < 4.78 is 0. The van der Waals surface area contributed by atoms with Crippen LogP contribution in [-0.4, -0.2) is 0 Å². The molecule has 0 aliphatic heterocycles. The Hall–Kier alpha value is -0.490. The minimum absolute atomic E-state index is 0.230. The van der Waals surface area contributed by atoms with Gasteiger partial charge in [0.1, 0.15) is 0 Å². The Labute approximate surface area is 85.9 Å². The molecule has 0 bridgehead atoms. The maximum Gasteiger partial charge on any atom is 0.0406 e. The van der Waals surface area contributed by atoms with Crippen LogP contribution in [0.1, 0.15) is 33.3 Å². The van der Waals surface area contributed by atoms with Crippen LogP contribution < -0.4 is 0 Å². The Balaban J connectivity index is 2.90. The van der Waals surface area contributed by atoms with Gasteiger partial charge in [0.2, 0.25) is 0 Å². The van der Waals surface area contributed by atoms with Crippen molar-refractivity contribution < 1.29 is 0 Å². The summed E-state index contributed by atoms with van der Waals surface area (Å²) in [5, 5.41) is 0.797. The van der Waals surface area contributed by atoms with Crippen molar-refractivity contribution >= 4 is 11.6 Å². The van der Waals surface area contributed by atoms with E-state index in [1.807, 2.05) is 12.1 Å². The highest BCUT2D eigenvalue weighted by Gasteiger charge is 2.21. The molecule has 0 N–H and O–H groups in total. The second-order valence-electron chi connectivity index (χ2n) is 4.38. The summed E-state index contributed by atoms with van der Waals surface area (Å²) >= 11 is 5.82. The highest BCUT2D eigenvalue weighted by Crippen LogP contribution is 2.33. The van der Waals surface area contributed by atoms with Crippen LogP contribution in [-0.2, 0) is 0 Å². The highest BCUT2D eigenvalue weighted by molar-refractivity contribution is 6.30. The summed E-state index contributed by atoms with van der Waals surface area (Å²) in [5.74, 6) is 1.39. The van der Waals surface area contributed by atoms with E-state index in [0.29, 0.717) is 0 Å². The van der Waals surface area contributed by atoms with Gasteiger partial charge in [-0.05, 0) is 23.1 Å². The van der Waals surface area contributed by atoms with Gasteiger partial charge in [0.05, 0.1) is 0 Å². The van der Waals surface area contributed by atoms with Gasteiger partial charge in [0, 0.05) is 10.9 Å². The second-order valence-corrected chi connectivity index (χ2v) is 4.82. The van der Waals surface area contributed by atoms with Crippen molar-refractivity contribution in [2.24, 2.45) is 5.41 Å². The summed E-state index contributed by atoms with van der Waals surface area (Å²) in [7, 11) is 0. The average Bonchev–Trinajstić information content (AvgIpc) is 2.03. The fraction of sp³-hybridized carbons (Fsp3) is 0.417. The third kappa shape index (κ3) is 2.73. The lowest BCUT2D eigenvalue weighted by Crippen LogP contribution is -2.15. The van der Waals surface area contributed by atoms with E-state index >= 15 is 0 Å². The third-order valence-corrected chi connectivity index (χ3v) is 2.65. The predicted molar refractivity (Wildman–Crippen MR) is 58.9 cm³/mol. The minimum atomic E-state index is 0.230. The van der Waals surface area contributed by atoms with Gasteiger partial charge in [-0.1, -0.05) is 51.4 Å². The van der Waals surface area contributed by atoms with Crippen molar-refractivity contribution in [1.82, 2.24) is 0 Å².